The van der Waals surface area contributed by atoms with Gasteiger partial charge in [0.1, 0.15) is 6.04 Å². The molecule has 0 spiro atoms. The number of benzene rings is 1. The molecule has 1 aromatic rings. The maximum absolute atomic E-state index is 11.1. The van der Waals surface area contributed by atoms with Crippen molar-refractivity contribution >= 4 is 23.9 Å². The second kappa shape index (κ2) is 7.06. The molecule has 0 bridgehead atoms. The van der Waals surface area contributed by atoms with Crippen molar-refractivity contribution in [3.8, 4) is 0 Å². The van der Waals surface area contributed by atoms with E-state index in [2.05, 4.69) is 4.99 Å². The van der Waals surface area contributed by atoms with E-state index in [-0.39, 0.29) is 5.91 Å². The van der Waals surface area contributed by atoms with Crippen LogP contribution in [0.2, 0.25) is 0 Å². The fraction of sp³-hybridized carbons (Fsp3) is 0.333. The Hall–Kier alpha value is -1.29. The van der Waals surface area contributed by atoms with Gasteiger partial charge >= 0.3 is 0 Å². The van der Waals surface area contributed by atoms with Gasteiger partial charge in [0, 0.05) is 6.21 Å². The summed E-state index contributed by atoms with van der Waals surface area (Å²) in [4.78, 5) is 15.3. The lowest BCUT2D eigenvalue weighted by Crippen LogP contribution is -2.27. The van der Waals surface area contributed by atoms with Crippen LogP contribution < -0.4 is 5.73 Å². The summed E-state index contributed by atoms with van der Waals surface area (Å²) in [7, 11) is 0. The normalized spacial score (nSPS) is 12.8. The van der Waals surface area contributed by atoms with Crippen molar-refractivity contribution in [1.29, 1.82) is 0 Å². The van der Waals surface area contributed by atoms with Crippen LogP contribution >= 0.6 is 11.8 Å². The molecule has 0 saturated carbocycles. The van der Waals surface area contributed by atoms with Gasteiger partial charge in [0.05, 0.1) is 0 Å². The molecule has 0 aromatic heterocycles. The number of thioether (sulfide) groups is 1. The zero-order valence-corrected chi connectivity index (χ0v) is 10.1. The molecular weight excluding hydrogens is 220 g/mol. The summed E-state index contributed by atoms with van der Waals surface area (Å²) in [6.45, 7) is 0. The van der Waals surface area contributed by atoms with Gasteiger partial charge in [0.2, 0.25) is 5.91 Å². The molecule has 0 radical (unpaired) electrons. The number of hydrogen-bond acceptors (Lipinski definition) is 3. The fourth-order valence-electron chi connectivity index (χ4n) is 1.23. The molecule has 16 heavy (non-hydrogen) atoms. The quantitative estimate of drug-likeness (QED) is 0.764. The minimum absolute atomic E-state index is 0.360. The smallest absolute Gasteiger partial charge is 0.242 e. The first-order valence-corrected chi connectivity index (χ1v) is 6.50. The van der Waals surface area contributed by atoms with E-state index in [4.69, 9.17) is 5.73 Å². The van der Waals surface area contributed by atoms with Crippen molar-refractivity contribution in [3.63, 3.8) is 0 Å². The second-order valence-electron chi connectivity index (χ2n) is 3.39. The van der Waals surface area contributed by atoms with Gasteiger partial charge in [-0.3, -0.25) is 9.79 Å². The molecule has 0 aliphatic heterocycles. The van der Waals surface area contributed by atoms with Crippen molar-refractivity contribution in [2.24, 2.45) is 10.7 Å². The van der Waals surface area contributed by atoms with Crippen molar-refractivity contribution < 1.29 is 4.79 Å². The molecule has 1 rings (SSSR count). The molecular formula is C12H16N2OS. The number of carbonyl (C=O) groups is 1. The molecule has 0 heterocycles. The summed E-state index contributed by atoms with van der Waals surface area (Å²) in [5, 5.41) is 0. The largest absolute Gasteiger partial charge is 0.368 e. The van der Waals surface area contributed by atoms with Gasteiger partial charge < -0.3 is 5.73 Å². The molecule has 1 unspecified atom stereocenters. The zero-order valence-electron chi connectivity index (χ0n) is 9.30. The SMILES string of the molecule is CSCCC(N=Cc1ccccc1)C(N)=O. The molecule has 3 nitrogen and oxygen atoms in total. The lowest BCUT2D eigenvalue weighted by atomic mass is 10.2. The van der Waals surface area contributed by atoms with Crippen molar-refractivity contribution in [1.82, 2.24) is 0 Å². The number of aliphatic imine (C=N–C) groups is 1. The van der Waals surface area contributed by atoms with Gasteiger partial charge in [-0.05, 0) is 24.0 Å². The van der Waals surface area contributed by atoms with E-state index < -0.39 is 6.04 Å². The minimum atomic E-state index is -0.410. The van der Waals surface area contributed by atoms with Gasteiger partial charge in [0.25, 0.3) is 0 Å². The molecule has 1 aromatic carbocycles. The first kappa shape index (κ1) is 12.8. The maximum atomic E-state index is 11.1. The van der Waals surface area contributed by atoms with E-state index in [1.807, 2.05) is 36.6 Å². The third kappa shape index (κ3) is 4.49. The van der Waals surface area contributed by atoms with Crippen LogP contribution in [-0.2, 0) is 4.79 Å². The summed E-state index contributed by atoms with van der Waals surface area (Å²) in [6, 6.07) is 9.28. The lowest BCUT2D eigenvalue weighted by molar-refractivity contribution is -0.119. The van der Waals surface area contributed by atoms with Gasteiger partial charge in [0.15, 0.2) is 0 Å². The summed E-state index contributed by atoms with van der Waals surface area (Å²) < 4.78 is 0. The Morgan fingerprint density at radius 3 is 2.75 bits per heavy atom. The predicted molar refractivity (Wildman–Crippen MR) is 70.0 cm³/mol. The van der Waals surface area contributed by atoms with Crippen LogP contribution in [0.3, 0.4) is 0 Å². The Morgan fingerprint density at radius 1 is 1.50 bits per heavy atom. The number of hydrogen-bond donors (Lipinski definition) is 1. The number of nitrogens with two attached hydrogens (primary N) is 1. The predicted octanol–water partition coefficient (Wildman–Crippen LogP) is 1.71. The molecule has 86 valence electrons. The van der Waals surface area contributed by atoms with Crippen LogP contribution in [0.15, 0.2) is 35.3 Å². The third-order valence-electron chi connectivity index (χ3n) is 2.13. The number of carbonyl (C=O) groups excluding carboxylic acids is 1. The highest BCUT2D eigenvalue weighted by atomic mass is 32.2. The van der Waals surface area contributed by atoms with E-state index in [0.717, 1.165) is 11.3 Å². The van der Waals surface area contributed by atoms with Crippen LogP contribution in [0.1, 0.15) is 12.0 Å². The third-order valence-corrected chi connectivity index (χ3v) is 2.77. The Morgan fingerprint density at radius 2 is 2.19 bits per heavy atom. The Balaban J connectivity index is 2.61. The van der Waals surface area contributed by atoms with E-state index in [1.165, 1.54) is 0 Å². The minimum Gasteiger partial charge on any atom is -0.368 e. The summed E-state index contributed by atoms with van der Waals surface area (Å²) in [5.41, 5.74) is 6.26. The maximum Gasteiger partial charge on any atom is 0.242 e. The molecule has 1 amide bonds. The highest BCUT2D eigenvalue weighted by molar-refractivity contribution is 7.98. The van der Waals surface area contributed by atoms with Gasteiger partial charge in [-0.25, -0.2) is 0 Å². The van der Waals surface area contributed by atoms with Crippen LogP contribution in [0.4, 0.5) is 0 Å². The molecule has 4 heteroatoms. The van der Waals surface area contributed by atoms with Gasteiger partial charge in [-0.15, -0.1) is 0 Å². The lowest BCUT2D eigenvalue weighted by Gasteiger charge is -2.06. The molecule has 1 atom stereocenters. The number of rotatable bonds is 6. The average Bonchev–Trinajstić information content (AvgIpc) is 2.30. The molecule has 0 saturated heterocycles. The fourth-order valence-corrected chi connectivity index (χ4v) is 1.69. The average molecular weight is 236 g/mol. The van der Waals surface area contributed by atoms with Crippen molar-refractivity contribution in [2.45, 2.75) is 12.5 Å². The van der Waals surface area contributed by atoms with Crippen molar-refractivity contribution in [2.75, 3.05) is 12.0 Å². The van der Waals surface area contributed by atoms with Crippen LogP contribution in [-0.4, -0.2) is 30.2 Å². The van der Waals surface area contributed by atoms with E-state index >= 15 is 0 Å². The van der Waals surface area contributed by atoms with Gasteiger partial charge in [-0.1, -0.05) is 30.3 Å². The van der Waals surface area contributed by atoms with E-state index in [1.54, 1.807) is 18.0 Å². The molecule has 2 N–H and O–H groups in total. The highest BCUT2D eigenvalue weighted by Gasteiger charge is 2.11. The zero-order chi connectivity index (χ0) is 11.8. The molecule has 0 aliphatic rings. The van der Waals surface area contributed by atoms with E-state index in [9.17, 15) is 4.79 Å². The number of primary amides is 1. The highest BCUT2D eigenvalue weighted by Crippen LogP contribution is 2.04. The first-order valence-electron chi connectivity index (χ1n) is 5.10. The molecule has 0 aliphatic carbocycles. The first-order chi connectivity index (χ1) is 7.74. The summed E-state index contributed by atoms with van der Waals surface area (Å²) in [5.74, 6) is 0.529. The summed E-state index contributed by atoms with van der Waals surface area (Å²) in [6.07, 6.45) is 4.40. The Bertz CT molecular complexity index is 351. The number of amides is 1. The van der Waals surface area contributed by atoms with Gasteiger partial charge in [-0.2, -0.15) is 11.8 Å². The van der Waals surface area contributed by atoms with Crippen LogP contribution in [0.25, 0.3) is 0 Å². The second-order valence-corrected chi connectivity index (χ2v) is 4.37. The Kier molecular flexibility index (Phi) is 5.64. The standard InChI is InChI=1S/C12H16N2OS/c1-16-8-7-11(12(13)15)14-9-10-5-3-2-4-6-10/h2-6,9,11H,7-8H2,1H3,(H2,13,15). The Labute approximate surface area is 100 Å². The topological polar surface area (TPSA) is 55.4 Å². The van der Waals surface area contributed by atoms with E-state index in [0.29, 0.717) is 6.42 Å². The molecule has 0 fully saturated rings. The number of nitrogens with zero attached hydrogens (tertiary/aromatic N) is 1. The van der Waals surface area contributed by atoms with Crippen LogP contribution in [0, 0.1) is 0 Å². The summed E-state index contributed by atoms with van der Waals surface area (Å²) >= 11 is 1.69. The van der Waals surface area contributed by atoms with Crippen LogP contribution in [0.5, 0.6) is 0 Å². The monoisotopic (exact) mass is 236 g/mol. The van der Waals surface area contributed by atoms with Crippen molar-refractivity contribution in [3.05, 3.63) is 35.9 Å².